The van der Waals surface area contributed by atoms with Gasteiger partial charge in [-0.3, -0.25) is 9.69 Å². The van der Waals surface area contributed by atoms with Gasteiger partial charge in [0.2, 0.25) is 0 Å². The third kappa shape index (κ3) is 8.76. The third-order valence-corrected chi connectivity index (χ3v) is 5.82. The first-order valence-corrected chi connectivity index (χ1v) is 11.1. The minimum atomic E-state index is -4.46. The Morgan fingerprint density at radius 3 is 1.92 bits per heavy atom. The quantitative estimate of drug-likeness (QED) is 0.337. The molecule has 1 aliphatic heterocycles. The van der Waals surface area contributed by atoms with Crippen molar-refractivity contribution in [3.05, 3.63) is 82.9 Å². The lowest BCUT2D eigenvalue weighted by Gasteiger charge is -2.39. The zero-order valence-corrected chi connectivity index (χ0v) is 19.7. The fourth-order valence-corrected chi connectivity index (χ4v) is 3.98. The van der Waals surface area contributed by atoms with Gasteiger partial charge < -0.3 is 5.11 Å². The van der Waals surface area contributed by atoms with E-state index in [0.29, 0.717) is 37.1 Å². The largest absolute Gasteiger partial charge is 0.481 e. The van der Waals surface area contributed by atoms with E-state index in [0.717, 1.165) is 29.8 Å². The number of terminal acetylenes is 1. The Hall–Kier alpha value is -3.25. The monoisotopic (exact) mass is 511 g/mol. The van der Waals surface area contributed by atoms with Crippen molar-refractivity contribution >= 4 is 5.97 Å². The van der Waals surface area contributed by atoms with Crippen LogP contribution in [0.25, 0.3) is 0 Å². The van der Waals surface area contributed by atoms with Gasteiger partial charge in [-0.1, -0.05) is 36.8 Å². The number of alkyl halides is 6. The molecule has 0 radical (unpaired) electrons. The first-order chi connectivity index (χ1) is 16.7. The molecule has 3 nitrogen and oxygen atoms in total. The van der Waals surface area contributed by atoms with E-state index in [9.17, 15) is 31.1 Å². The van der Waals surface area contributed by atoms with Crippen LogP contribution in [0, 0.1) is 18.3 Å². The highest BCUT2D eigenvalue weighted by molar-refractivity contribution is 5.67. The number of halogens is 6. The molecule has 0 saturated carbocycles. The lowest BCUT2D eigenvalue weighted by Crippen LogP contribution is -2.37. The molecular formula is C27H27F6NO2. The van der Waals surface area contributed by atoms with Crippen molar-refractivity contribution in [2.75, 3.05) is 6.54 Å². The molecule has 9 heteroatoms. The number of rotatable bonds is 5. The van der Waals surface area contributed by atoms with Crippen molar-refractivity contribution < 1.29 is 36.2 Å². The van der Waals surface area contributed by atoms with E-state index < -0.39 is 29.4 Å². The molecule has 1 fully saturated rings. The van der Waals surface area contributed by atoms with Crippen molar-refractivity contribution in [1.29, 1.82) is 0 Å². The normalized spacial score (nSPS) is 18.5. The highest BCUT2D eigenvalue weighted by Crippen LogP contribution is 2.38. The van der Waals surface area contributed by atoms with Crippen LogP contribution in [0.1, 0.15) is 54.5 Å². The minimum absolute atomic E-state index is 0.0365. The van der Waals surface area contributed by atoms with Gasteiger partial charge >= 0.3 is 18.3 Å². The molecule has 2 aromatic carbocycles. The summed E-state index contributed by atoms with van der Waals surface area (Å²) in [6.07, 6.45) is -3.08. The van der Waals surface area contributed by atoms with Crippen LogP contribution < -0.4 is 0 Å². The maximum atomic E-state index is 12.9. The Morgan fingerprint density at radius 1 is 1.03 bits per heavy atom. The molecule has 1 N–H and O–H groups in total. The molecule has 2 unspecified atom stereocenters. The van der Waals surface area contributed by atoms with Crippen LogP contribution in [-0.2, 0) is 23.7 Å². The van der Waals surface area contributed by atoms with E-state index in [1.807, 2.05) is 4.90 Å². The Labute approximate surface area is 206 Å². The van der Waals surface area contributed by atoms with Gasteiger partial charge in [-0.15, -0.1) is 6.42 Å². The SMILES string of the molecule is C#CC(=C)C.O=C(O)CC1CCN(Cc2ccc(C(F)(F)F)cc2)C(c2ccc(C(F)(F)F)cc2)C1. The number of nitrogens with zero attached hydrogens (tertiary/aromatic N) is 1. The average molecular weight is 512 g/mol. The Balaban J connectivity index is 0.000000830. The Bertz CT molecular complexity index is 1070. The standard InChI is InChI=1S/C22H21F6NO2.C5H6/c23-21(24,25)17-5-1-14(2-6-17)13-29-10-9-15(12-20(30)31)11-19(29)16-3-7-18(8-4-16)22(26,27)28;1-4-5(2)3/h1-8,15,19H,9-13H2,(H,30,31);1H,2H2,3H3. The van der Waals surface area contributed by atoms with Gasteiger partial charge in [0.1, 0.15) is 0 Å². The van der Waals surface area contributed by atoms with Crippen LogP contribution in [0.2, 0.25) is 0 Å². The van der Waals surface area contributed by atoms with E-state index >= 15 is 0 Å². The molecule has 3 rings (SSSR count). The number of likely N-dealkylation sites (tertiary alicyclic amines) is 1. The van der Waals surface area contributed by atoms with Gasteiger partial charge in [-0.2, -0.15) is 26.3 Å². The zero-order valence-electron chi connectivity index (χ0n) is 19.7. The van der Waals surface area contributed by atoms with Gasteiger partial charge in [0.05, 0.1) is 11.1 Å². The molecule has 2 aromatic rings. The van der Waals surface area contributed by atoms with Gasteiger partial charge in [0, 0.05) is 19.0 Å². The number of aliphatic carboxylic acids is 1. The van der Waals surface area contributed by atoms with Crippen molar-refractivity contribution in [2.24, 2.45) is 5.92 Å². The fraction of sp³-hybridized carbons (Fsp3) is 0.370. The molecule has 1 saturated heterocycles. The van der Waals surface area contributed by atoms with Crippen LogP contribution >= 0.6 is 0 Å². The highest BCUT2D eigenvalue weighted by Gasteiger charge is 2.34. The molecule has 0 spiro atoms. The van der Waals surface area contributed by atoms with E-state index in [2.05, 4.69) is 12.5 Å². The highest BCUT2D eigenvalue weighted by atomic mass is 19.4. The molecule has 1 aliphatic rings. The average Bonchev–Trinajstić information content (AvgIpc) is 2.79. The van der Waals surface area contributed by atoms with E-state index in [1.165, 1.54) is 24.3 Å². The number of carboxylic acids is 1. The summed E-state index contributed by atoms with van der Waals surface area (Å²) in [7, 11) is 0. The number of carbonyl (C=O) groups is 1. The summed E-state index contributed by atoms with van der Waals surface area (Å²) in [5, 5.41) is 9.11. The Morgan fingerprint density at radius 2 is 1.50 bits per heavy atom. The summed E-state index contributed by atoms with van der Waals surface area (Å²) in [4.78, 5) is 13.1. The summed E-state index contributed by atoms with van der Waals surface area (Å²) in [6.45, 7) is 6.03. The molecular weight excluding hydrogens is 484 g/mol. The van der Waals surface area contributed by atoms with Gasteiger partial charge in [0.15, 0.2) is 0 Å². The van der Waals surface area contributed by atoms with Crippen molar-refractivity contribution in [2.45, 2.75) is 51.1 Å². The number of hydrogen-bond acceptors (Lipinski definition) is 2. The molecule has 0 bridgehead atoms. The van der Waals surface area contributed by atoms with Crippen molar-refractivity contribution in [1.82, 2.24) is 4.90 Å². The number of allylic oxidation sites excluding steroid dienone is 1. The third-order valence-electron chi connectivity index (χ3n) is 5.82. The number of piperidine rings is 1. The first kappa shape index (κ1) is 29.0. The van der Waals surface area contributed by atoms with Crippen LogP contribution in [0.4, 0.5) is 26.3 Å². The predicted octanol–water partition coefficient (Wildman–Crippen LogP) is 7.35. The summed E-state index contributed by atoms with van der Waals surface area (Å²) in [5.41, 5.74) is 0.515. The van der Waals surface area contributed by atoms with Gasteiger partial charge in [-0.05, 0) is 73.2 Å². The fourth-order valence-electron chi connectivity index (χ4n) is 3.98. The minimum Gasteiger partial charge on any atom is -0.481 e. The van der Waals surface area contributed by atoms with E-state index in [1.54, 1.807) is 6.92 Å². The predicted molar refractivity (Wildman–Crippen MR) is 125 cm³/mol. The van der Waals surface area contributed by atoms with Gasteiger partial charge in [0.25, 0.3) is 0 Å². The molecule has 194 valence electrons. The molecule has 1 heterocycles. The zero-order chi connectivity index (χ0) is 27.1. The van der Waals surface area contributed by atoms with E-state index in [-0.39, 0.29) is 18.4 Å². The van der Waals surface area contributed by atoms with E-state index in [4.69, 9.17) is 11.5 Å². The second-order valence-electron chi connectivity index (χ2n) is 8.71. The van der Waals surface area contributed by atoms with Crippen LogP contribution in [0.15, 0.2) is 60.7 Å². The summed E-state index contributed by atoms with van der Waals surface area (Å²) in [5.74, 6) is 1.26. The number of hydrogen-bond donors (Lipinski definition) is 1. The maximum Gasteiger partial charge on any atom is 0.416 e. The molecule has 2 atom stereocenters. The van der Waals surface area contributed by atoms with Crippen LogP contribution in [-0.4, -0.2) is 22.5 Å². The Kier molecular flexibility index (Phi) is 9.77. The molecule has 0 aromatic heterocycles. The number of benzene rings is 2. The van der Waals surface area contributed by atoms with Crippen LogP contribution in [0.5, 0.6) is 0 Å². The lowest BCUT2D eigenvalue weighted by molar-refractivity contribution is -0.139. The summed E-state index contributed by atoms with van der Waals surface area (Å²) < 4.78 is 77.0. The topological polar surface area (TPSA) is 40.5 Å². The molecule has 0 amide bonds. The van der Waals surface area contributed by atoms with Gasteiger partial charge in [-0.25, -0.2) is 0 Å². The lowest BCUT2D eigenvalue weighted by atomic mass is 9.84. The van der Waals surface area contributed by atoms with Crippen molar-refractivity contribution in [3.63, 3.8) is 0 Å². The second kappa shape index (κ2) is 12.1. The smallest absolute Gasteiger partial charge is 0.416 e. The summed E-state index contributed by atoms with van der Waals surface area (Å²) in [6, 6.07) is 9.19. The first-order valence-electron chi connectivity index (χ1n) is 11.1. The maximum absolute atomic E-state index is 12.9. The summed E-state index contributed by atoms with van der Waals surface area (Å²) >= 11 is 0. The van der Waals surface area contributed by atoms with Crippen LogP contribution in [0.3, 0.4) is 0 Å². The molecule has 0 aliphatic carbocycles. The second-order valence-corrected chi connectivity index (χ2v) is 8.71. The van der Waals surface area contributed by atoms with Crippen molar-refractivity contribution in [3.8, 4) is 12.3 Å². The molecule has 36 heavy (non-hydrogen) atoms. The number of carboxylic acid groups (broad SMARTS) is 1.